The Balaban J connectivity index is 1.15. The summed E-state index contributed by atoms with van der Waals surface area (Å²) < 4.78 is 12.2. The number of pyridine rings is 1. The van der Waals surface area contributed by atoms with Crippen molar-refractivity contribution in [1.82, 2.24) is 14.8 Å². The Kier molecular flexibility index (Phi) is 7.04. The summed E-state index contributed by atoms with van der Waals surface area (Å²) >= 11 is 0. The van der Waals surface area contributed by atoms with Gasteiger partial charge in [-0.1, -0.05) is 18.2 Å². The van der Waals surface area contributed by atoms with Crippen LogP contribution in [0.1, 0.15) is 43.2 Å². The van der Waals surface area contributed by atoms with E-state index in [0.29, 0.717) is 6.10 Å². The topological polar surface area (TPSA) is 37.8 Å². The molecule has 1 aromatic carbocycles. The second-order valence-electron chi connectivity index (χ2n) is 9.46. The molecule has 5 nitrogen and oxygen atoms in total. The highest BCUT2D eigenvalue weighted by molar-refractivity contribution is 5.38. The van der Waals surface area contributed by atoms with Crippen LogP contribution in [0.4, 0.5) is 0 Å². The smallest absolute Gasteiger partial charge is 0.137 e. The second kappa shape index (κ2) is 10.5. The Bertz CT molecular complexity index is 893. The molecular formula is C27H35N3O2. The lowest BCUT2D eigenvalue weighted by atomic mass is 9.94. The fourth-order valence-corrected chi connectivity index (χ4v) is 5.20. The maximum atomic E-state index is 6.10. The normalized spacial score (nSPS) is 22.7. The van der Waals surface area contributed by atoms with Crippen molar-refractivity contribution in [2.45, 2.75) is 51.3 Å². The van der Waals surface area contributed by atoms with E-state index in [9.17, 15) is 0 Å². The van der Waals surface area contributed by atoms with Crippen LogP contribution in [0.15, 0.2) is 54.9 Å². The van der Waals surface area contributed by atoms with E-state index >= 15 is 0 Å². The number of benzene rings is 1. The SMILES string of the molecule is C1=CC[C@@H](CN2CCOc3ccc(CN4CCC(Oc5cccnc5)CC4)cc3C2)CC1. The minimum Gasteiger partial charge on any atom is -0.492 e. The van der Waals surface area contributed by atoms with Crippen LogP contribution in [0.3, 0.4) is 0 Å². The molecule has 2 aromatic rings. The molecule has 0 amide bonds. The van der Waals surface area contributed by atoms with E-state index in [4.69, 9.17) is 9.47 Å². The quantitative estimate of drug-likeness (QED) is 0.619. The molecular weight excluding hydrogens is 398 g/mol. The van der Waals surface area contributed by atoms with E-state index in [-0.39, 0.29) is 0 Å². The largest absolute Gasteiger partial charge is 0.492 e. The molecule has 5 rings (SSSR count). The summed E-state index contributed by atoms with van der Waals surface area (Å²) in [6.45, 7) is 7.14. The standard InChI is InChI=1S/C27H35N3O2/c1-2-5-22(6-3-1)19-30-15-16-31-27-9-8-23(17-24(27)21-30)20-29-13-10-25(11-14-29)32-26-7-4-12-28-18-26/h1-2,4,7-9,12,17-18,22,25H,3,5-6,10-11,13-16,19-21H2/t22-/m1/s1. The number of ether oxygens (including phenoxy) is 2. The van der Waals surface area contributed by atoms with Gasteiger partial charge in [0.05, 0.1) is 6.20 Å². The first-order valence-corrected chi connectivity index (χ1v) is 12.2. The summed E-state index contributed by atoms with van der Waals surface area (Å²) in [5, 5.41) is 0. The molecule has 2 aliphatic heterocycles. The van der Waals surface area contributed by atoms with Crippen molar-refractivity contribution in [3.63, 3.8) is 0 Å². The van der Waals surface area contributed by atoms with Gasteiger partial charge in [-0.2, -0.15) is 0 Å². The van der Waals surface area contributed by atoms with E-state index in [1.165, 1.54) is 36.9 Å². The van der Waals surface area contributed by atoms with E-state index in [1.54, 1.807) is 12.4 Å². The van der Waals surface area contributed by atoms with Gasteiger partial charge in [0, 0.05) is 51.0 Å². The van der Waals surface area contributed by atoms with Gasteiger partial charge in [0.15, 0.2) is 0 Å². The predicted octanol–water partition coefficient (Wildman–Crippen LogP) is 4.68. The summed E-state index contributed by atoms with van der Waals surface area (Å²) in [6, 6.07) is 10.7. The highest BCUT2D eigenvalue weighted by Gasteiger charge is 2.22. The molecule has 0 bridgehead atoms. The molecule has 3 heterocycles. The Hall–Kier alpha value is -2.37. The van der Waals surface area contributed by atoms with Crippen LogP contribution in [0, 0.1) is 5.92 Å². The number of likely N-dealkylation sites (tertiary alicyclic amines) is 1. The molecule has 0 radical (unpaired) electrons. The van der Waals surface area contributed by atoms with Crippen molar-refractivity contribution in [1.29, 1.82) is 0 Å². The van der Waals surface area contributed by atoms with Gasteiger partial charge in [-0.05, 0) is 67.9 Å². The average molecular weight is 434 g/mol. The van der Waals surface area contributed by atoms with Crippen molar-refractivity contribution in [3.8, 4) is 11.5 Å². The van der Waals surface area contributed by atoms with Crippen molar-refractivity contribution in [2.24, 2.45) is 5.92 Å². The first kappa shape index (κ1) is 21.5. The van der Waals surface area contributed by atoms with Gasteiger partial charge >= 0.3 is 0 Å². The zero-order valence-electron chi connectivity index (χ0n) is 19.0. The molecule has 1 aromatic heterocycles. The third-order valence-corrected chi connectivity index (χ3v) is 6.96. The monoisotopic (exact) mass is 433 g/mol. The number of allylic oxidation sites excluding steroid dienone is 2. The molecule has 1 saturated heterocycles. The first-order chi connectivity index (χ1) is 15.8. The zero-order chi connectivity index (χ0) is 21.6. The first-order valence-electron chi connectivity index (χ1n) is 12.2. The summed E-state index contributed by atoms with van der Waals surface area (Å²) in [5.74, 6) is 2.74. The van der Waals surface area contributed by atoms with Crippen molar-refractivity contribution >= 4 is 0 Å². The van der Waals surface area contributed by atoms with E-state index in [1.807, 2.05) is 12.1 Å². The minimum atomic E-state index is 0.291. The lowest BCUT2D eigenvalue weighted by molar-refractivity contribution is 0.0965. The van der Waals surface area contributed by atoms with Gasteiger partial charge in [0.1, 0.15) is 24.2 Å². The maximum Gasteiger partial charge on any atom is 0.137 e. The van der Waals surface area contributed by atoms with Gasteiger partial charge in [-0.3, -0.25) is 14.8 Å². The molecule has 32 heavy (non-hydrogen) atoms. The van der Waals surface area contributed by atoms with E-state index in [2.05, 4.69) is 45.1 Å². The van der Waals surface area contributed by atoms with Gasteiger partial charge < -0.3 is 9.47 Å². The van der Waals surface area contributed by atoms with Crippen molar-refractivity contribution in [2.75, 3.05) is 32.8 Å². The van der Waals surface area contributed by atoms with Crippen molar-refractivity contribution in [3.05, 3.63) is 66.0 Å². The molecule has 3 aliphatic rings. The van der Waals surface area contributed by atoms with Gasteiger partial charge in [0.25, 0.3) is 0 Å². The van der Waals surface area contributed by atoms with E-state index < -0.39 is 0 Å². The highest BCUT2D eigenvalue weighted by atomic mass is 16.5. The van der Waals surface area contributed by atoms with Crippen LogP contribution in [-0.2, 0) is 13.1 Å². The lowest BCUT2D eigenvalue weighted by Crippen LogP contribution is -2.37. The van der Waals surface area contributed by atoms with Crippen LogP contribution in [0.2, 0.25) is 0 Å². The fraction of sp³-hybridized carbons (Fsp3) is 0.519. The predicted molar refractivity (Wildman–Crippen MR) is 127 cm³/mol. The Morgan fingerprint density at radius 3 is 2.78 bits per heavy atom. The molecule has 5 heteroatoms. The zero-order valence-corrected chi connectivity index (χ0v) is 19.0. The fourth-order valence-electron chi connectivity index (χ4n) is 5.20. The summed E-state index contributed by atoms with van der Waals surface area (Å²) in [7, 11) is 0. The van der Waals surface area contributed by atoms with Gasteiger partial charge in [0.2, 0.25) is 0 Å². The third kappa shape index (κ3) is 5.70. The molecule has 1 fully saturated rings. The van der Waals surface area contributed by atoms with Crippen LogP contribution in [0.25, 0.3) is 0 Å². The number of hydrogen-bond acceptors (Lipinski definition) is 5. The third-order valence-electron chi connectivity index (χ3n) is 6.96. The number of nitrogens with zero attached hydrogens (tertiary/aromatic N) is 3. The molecule has 0 saturated carbocycles. The Labute approximate surface area is 192 Å². The number of rotatable bonds is 6. The van der Waals surface area contributed by atoms with Crippen LogP contribution in [-0.4, -0.2) is 53.7 Å². The highest BCUT2D eigenvalue weighted by Crippen LogP contribution is 2.28. The molecule has 0 N–H and O–H groups in total. The molecule has 0 unspecified atom stereocenters. The summed E-state index contributed by atoms with van der Waals surface area (Å²) in [6.07, 6.45) is 14.5. The molecule has 1 aliphatic carbocycles. The van der Waals surface area contributed by atoms with Crippen LogP contribution < -0.4 is 9.47 Å². The second-order valence-corrected chi connectivity index (χ2v) is 9.46. The average Bonchev–Trinajstić information content (AvgIpc) is 3.03. The van der Waals surface area contributed by atoms with Crippen LogP contribution in [0.5, 0.6) is 11.5 Å². The van der Waals surface area contributed by atoms with E-state index in [0.717, 1.165) is 69.6 Å². The molecule has 1 atom stereocenters. The maximum absolute atomic E-state index is 6.10. The van der Waals surface area contributed by atoms with Gasteiger partial charge in [-0.15, -0.1) is 0 Å². The molecule has 170 valence electrons. The van der Waals surface area contributed by atoms with Crippen molar-refractivity contribution < 1.29 is 9.47 Å². The summed E-state index contributed by atoms with van der Waals surface area (Å²) in [5.41, 5.74) is 2.74. The minimum absolute atomic E-state index is 0.291. The molecule has 0 spiro atoms. The number of piperidine rings is 1. The number of fused-ring (bicyclic) bond motifs is 1. The number of aromatic nitrogens is 1. The number of hydrogen-bond donors (Lipinski definition) is 0. The lowest BCUT2D eigenvalue weighted by Gasteiger charge is -2.32. The Morgan fingerprint density at radius 2 is 1.97 bits per heavy atom. The van der Waals surface area contributed by atoms with Gasteiger partial charge in [-0.25, -0.2) is 0 Å². The van der Waals surface area contributed by atoms with Crippen LogP contribution >= 0.6 is 0 Å². The summed E-state index contributed by atoms with van der Waals surface area (Å²) in [4.78, 5) is 9.30. The Morgan fingerprint density at radius 1 is 1.03 bits per heavy atom.